The first-order chi connectivity index (χ1) is 7.90. The van der Waals surface area contributed by atoms with Gasteiger partial charge in [-0.3, -0.25) is 10.1 Å². The molecular formula is C11H23N3O3. The molecule has 0 saturated carbocycles. The second kappa shape index (κ2) is 8.03. The van der Waals surface area contributed by atoms with Gasteiger partial charge in [0.15, 0.2) is 0 Å². The van der Waals surface area contributed by atoms with Crippen LogP contribution in [0.1, 0.15) is 27.2 Å². The van der Waals surface area contributed by atoms with Gasteiger partial charge in [-0.15, -0.1) is 0 Å². The van der Waals surface area contributed by atoms with Crippen LogP contribution < -0.4 is 16.0 Å². The van der Waals surface area contributed by atoms with E-state index < -0.39 is 18.0 Å². The highest BCUT2D eigenvalue weighted by Crippen LogP contribution is 2.04. The van der Waals surface area contributed by atoms with Crippen LogP contribution in [0.4, 0.5) is 4.79 Å². The lowest BCUT2D eigenvalue weighted by Gasteiger charge is -2.22. The first-order valence-corrected chi connectivity index (χ1v) is 5.80. The normalized spacial score (nSPS) is 14.2. The molecule has 0 rings (SSSR count). The average molecular weight is 245 g/mol. The summed E-state index contributed by atoms with van der Waals surface area (Å²) in [5.74, 6) is 0.0143. The van der Waals surface area contributed by atoms with E-state index in [-0.39, 0.29) is 12.6 Å². The molecular weight excluding hydrogens is 222 g/mol. The van der Waals surface area contributed by atoms with Gasteiger partial charge in [-0.05, 0) is 19.3 Å². The van der Waals surface area contributed by atoms with Crippen molar-refractivity contribution in [2.24, 2.45) is 5.92 Å². The van der Waals surface area contributed by atoms with E-state index in [9.17, 15) is 9.59 Å². The van der Waals surface area contributed by atoms with Gasteiger partial charge in [-0.1, -0.05) is 13.8 Å². The van der Waals surface area contributed by atoms with Crippen LogP contribution in [0.5, 0.6) is 0 Å². The van der Waals surface area contributed by atoms with Crippen molar-refractivity contribution in [3.8, 4) is 0 Å². The summed E-state index contributed by atoms with van der Waals surface area (Å²) in [6, 6.07) is -1.20. The Morgan fingerprint density at radius 2 is 1.82 bits per heavy atom. The van der Waals surface area contributed by atoms with Gasteiger partial charge in [0.05, 0.1) is 12.6 Å². The van der Waals surface area contributed by atoms with Crippen molar-refractivity contribution < 1.29 is 14.7 Å². The predicted octanol–water partition coefficient (Wildman–Crippen LogP) is -0.173. The van der Waals surface area contributed by atoms with Crippen molar-refractivity contribution in [1.29, 1.82) is 0 Å². The smallest absolute Gasteiger partial charge is 0.321 e. The van der Waals surface area contributed by atoms with Crippen molar-refractivity contribution in [1.82, 2.24) is 16.0 Å². The molecule has 0 spiro atoms. The largest absolute Gasteiger partial charge is 0.395 e. The van der Waals surface area contributed by atoms with E-state index in [1.54, 1.807) is 6.92 Å². The molecule has 0 aromatic heterocycles. The number of urea groups is 1. The summed E-state index contributed by atoms with van der Waals surface area (Å²) in [6.07, 6.45) is 0.772. The zero-order valence-corrected chi connectivity index (χ0v) is 10.9. The maximum absolute atomic E-state index is 11.5. The number of rotatable bonds is 6. The Kier molecular flexibility index (Phi) is 7.49. The molecule has 0 bridgehead atoms. The molecule has 0 saturated heterocycles. The summed E-state index contributed by atoms with van der Waals surface area (Å²) in [5, 5.41) is 16.6. The van der Waals surface area contributed by atoms with Crippen LogP contribution in [0.3, 0.4) is 0 Å². The van der Waals surface area contributed by atoms with Gasteiger partial charge in [-0.2, -0.15) is 0 Å². The van der Waals surface area contributed by atoms with Crippen LogP contribution in [-0.4, -0.2) is 42.8 Å². The van der Waals surface area contributed by atoms with Gasteiger partial charge in [0.1, 0.15) is 0 Å². The Morgan fingerprint density at radius 1 is 1.24 bits per heavy atom. The van der Waals surface area contributed by atoms with Crippen LogP contribution in [0.2, 0.25) is 0 Å². The first-order valence-electron chi connectivity index (χ1n) is 5.80. The Bertz CT molecular complexity index is 256. The highest BCUT2D eigenvalue weighted by molar-refractivity contribution is 5.96. The van der Waals surface area contributed by atoms with Crippen LogP contribution in [0, 0.1) is 5.92 Å². The van der Waals surface area contributed by atoms with Gasteiger partial charge in [0, 0.05) is 13.1 Å². The molecule has 0 aliphatic carbocycles. The molecule has 3 amide bonds. The molecule has 0 heterocycles. The fourth-order valence-corrected chi connectivity index (χ4v) is 1.48. The van der Waals surface area contributed by atoms with Gasteiger partial charge in [0.2, 0.25) is 5.91 Å². The van der Waals surface area contributed by atoms with Gasteiger partial charge in [0.25, 0.3) is 0 Å². The van der Waals surface area contributed by atoms with Crippen LogP contribution in [-0.2, 0) is 4.79 Å². The lowest BCUT2D eigenvalue weighted by atomic mass is 10.0. The highest BCUT2D eigenvalue weighted by atomic mass is 16.3. The SMILES string of the molecule is CNC(=O)NC(=O)C(C)NC(CO)CC(C)C. The highest BCUT2D eigenvalue weighted by Gasteiger charge is 2.19. The first kappa shape index (κ1) is 15.9. The molecule has 0 fully saturated rings. The molecule has 2 unspecified atom stereocenters. The molecule has 2 atom stereocenters. The van der Waals surface area contributed by atoms with E-state index in [0.717, 1.165) is 6.42 Å². The summed E-state index contributed by atoms with van der Waals surface area (Å²) >= 11 is 0. The number of hydrogen-bond donors (Lipinski definition) is 4. The molecule has 6 heteroatoms. The number of amides is 3. The number of aliphatic hydroxyl groups excluding tert-OH is 1. The zero-order chi connectivity index (χ0) is 13.4. The number of hydrogen-bond acceptors (Lipinski definition) is 4. The third-order valence-corrected chi connectivity index (χ3v) is 2.32. The van der Waals surface area contributed by atoms with E-state index in [2.05, 4.69) is 16.0 Å². The summed E-state index contributed by atoms with van der Waals surface area (Å²) < 4.78 is 0. The van der Waals surface area contributed by atoms with Crippen molar-refractivity contribution >= 4 is 11.9 Å². The van der Waals surface area contributed by atoms with E-state index in [1.807, 2.05) is 13.8 Å². The maximum Gasteiger partial charge on any atom is 0.321 e. The fourth-order valence-electron chi connectivity index (χ4n) is 1.48. The lowest BCUT2D eigenvalue weighted by molar-refractivity contribution is -0.121. The molecule has 0 radical (unpaired) electrons. The summed E-state index contributed by atoms with van der Waals surface area (Å²) in [5.41, 5.74) is 0. The fraction of sp³-hybridized carbons (Fsp3) is 0.818. The van der Waals surface area contributed by atoms with E-state index in [1.165, 1.54) is 7.05 Å². The Balaban J connectivity index is 4.16. The second-order valence-electron chi connectivity index (χ2n) is 4.47. The number of nitrogens with one attached hydrogen (secondary N) is 3. The molecule has 0 aliphatic rings. The van der Waals surface area contributed by atoms with E-state index in [0.29, 0.717) is 5.92 Å². The number of carbonyl (C=O) groups is 2. The monoisotopic (exact) mass is 245 g/mol. The van der Waals surface area contributed by atoms with Crippen LogP contribution >= 0.6 is 0 Å². The number of carbonyl (C=O) groups excluding carboxylic acids is 2. The molecule has 0 aliphatic heterocycles. The lowest BCUT2D eigenvalue weighted by Crippen LogP contribution is -2.51. The molecule has 100 valence electrons. The minimum Gasteiger partial charge on any atom is -0.395 e. The van der Waals surface area contributed by atoms with E-state index >= 15 is 0 Å². The van der Waals surface area contributed by atoms with Crippen molar-refractivity contribution in [2.45, 2.75) is 39.3 Å². The molecule has 4 N–H and O–H groups in total. The third kappa shape index (κ3) is 6.91. The van der Waals surface area contributed by atoms with Crippen molar-refractivity contribution in [2.75, 3.05) is 13.7 Å². The second-order valence-corrected chi connectivity index (χ2v) is 4.47. The Hall–Kier alpha value is -1.14. The van der Waals surface area contributed by atoms with Crippen molar-refractivity contribution in [3.05, 3.63) is 0 Å². The molecule has 6 nitrogen and oxygen atoms in total. The zero-order valence-electron chi connectivity index (χ0n) is 10.9. The van der Waals surface area contributed by atoms with Gasteiger partial charge < -0.3 is 15.7 Å². The molecule has 0 aromatic carbocycles. The minimum atomic E-state index is -0.534. The third-order valence-electron chi connectivity index (χ3n) is 2.32. The van der Waals surface area contributed by atoms with Crippen LogP contribution in [0.15, 0.2) is 0 Å². The number of aliphatic hydroxyl groups is 1. The summed E-state index contributed by atoms with van der Waals surface area (Å²) in [6.45, 7) is 5.70. The average Bonchev–Trinajstić information content (AvgIpc) is 2.26. The quantitative estimate of drug-likeness (QED) is 0.523. The summed E-state index contributed by atoms with van der Waals surface area (Å²) in [7, 11) is 1.44. The summed E-state index contributed by atoms with van der Waals surface area (Å²) in [4.78, 5) is 22.5. The minimum absolute atomic E-state index is 0.0320. The topological polar surface area (TPSA) is 90.5 Å². The Labute approximate surface area is 102 Å². The maximum atomic E-state index is 11.5. The van der Waals surface area contributed by atoms with Crippen molar-refractivity contribution in [3.63, 3.8) is 0 Å². The Morgan fingerprint density at radius 3 is 2.24 bits per heavy atom. The predicted molar refractivity (Wildman–Crippen MR) is 65.5 cm³/mol. The van der Waals surface area contributed by atoms with E-state index in [4.69, 9.17) is 5.11 Å². The molecule has 17 heavy (non-hydrogen) atoms. The van der Waals surface area contributed by atoms with Gasteiger partial charge in [-0.25, -0.2) is 4.79 Å². The van der Waals surface area contributed by atoms with Gasteiger partial charge >= 0.3 is 6.03 Å². The molecule has 0 aromatic rings. The van der Waals surface area contributed by atoms with Crippen LogP contribution in [0.25, 0.3) is 0 Å². The standard InChI is InChI=1S/C11H23N3O3/c1-7(2)5-9(6-15)13-8(3)10(16)14-11(17)12-4/h7-9,13,15H,5-6H2,1-4H3,(H2,12,14,16,17). The number of imide groups is 1.